The number of amides is 1. The number of para-hydroxylation sites is 2. The lowest BCUT2D eigenvalue weighted by Gasteiger charge is -2.09. The van der Waals surface area contributed by atoms with E-state index in [0.29, 0.717) is 16.6 Å². The van der Waals surface area contributed by atoms with Crippen LogP contribution in [0.4, 0.5) is 5.69 Å². The number of nitrogens with zero attached hydrogens (tertiary/aromatic N) is 3. The largest absolute Gasteiger partial charge is 0.495 e. The molecule has 3 rings (SSSR count). The molecule has 136 valence electrons. The Hall–Kier alpha value is -2.32. The fourth-order valence-electron chi connectivity index (χ4n) is 2.44. The van der Waals surface area contributed by atoms with Gasteiger partial charge in [0.05, 0.1) is 18.6 Å². The third-order valence-corrected chi connectivity index (χ3v) is 5.91. The molecule has 26 heavy (non-hydrogen) atoms. The van der Waals surface area contributed by atoms with Crippen LogP contribution in [-0.4, -0.2) is 33.5 Å². The molecule has 3 aromatic rings. The van der Waals surface area contributed by atoms with Crippen molar-refractivity contribution in [2.45, 2.75) is 18.5 Å². The number of anilines is 1. The second-order valence-corrected chi connectivity index (χ2v) is 7.50. The molecule has 1 amide bonds. The van der Waals surface area contributed by atoms with E-state index in [9.17, 15) is 4.79 Å². The van der Waals surface area contributed by atoms with Gasteiger partial charge in [-0.1, -0.05) is 30.8 Å². The summed E-state index contributed by atoms with van der Waals surface area (Å²) in [6.45, 7) is 2.13. The van der Waals surface area contributed by atoms with Crippen LogP contribution in [0.5, 0.6) is 5.75 Å². The lowest BCUT2D eigenvalue weighted by atomic mass is 10.2. The normalized spacial score (nSPS) is 10.7. The van der Waals surface area contributed by atoms with Gasteiger partial charge in [-0.3, -0.25) is 4.79 Å². The Balaban J connectivity index is 1.64. The first kappa shape index (κ1) is 18.5. The van der Waals surface area contributed by atoms with Crippen LogP contribution in [0.3, 0.4) is 0 Å². The number of aromatic nitrogens is 3. The summed E-state index contributed by atoms with van der Waals surface area (Å²) in [6, 6.07) is 9.47. The van der Waals surface area contributed by atoms with Gasteiger partial charge in [0.25, 0.3) is 0 Å². The number of hydrogen-bond acceptors (Lipinski definition) is 6. The zero-order chi connectivity index (χ0) is 18.5. The molecule has 1 N–H and O–H groups in total. The summed E-state index contributed by atoms with van der Waals surface area (Å²) in [5, 5.41) is 14.1. The third kappa shape index (κ3) is 4.08. The van der Waals surface area contributed by atoms with Crippen molar-refractivity contribution in [3.05, 3.63) is 40.6 Å². The quantitative estimate of drug-likeness (QED) is 0.623. The minimum Gasteiger partial charge on any atom is -0.495 e. The number of aryl methyl sites for hydroxylation is 1. The number of nitrogens with one attached hydrogen (secondary N) is 1. The first-order valence-electron chi connectivity index (χ1n) is 8.15. The van der Waals surface area contributed by atoms with E-state index in [-0.39, 0.29) is 11.7 Å². The molecule has 2 aromatic heterocycles. The van der Waals surface area contributed by atoms with Crippen LogP contribution in [0.1, 0.15) is 11.8 Å². The summed E-state index contributed by atoms with van der Waals surface area (Å²) >= 11 is 3.08. The Kier molecular flexibility index (Phi) is 5.95. The van der Waals surface area contributed by atoms with Gasteiger partial charge in [0.2, 0.25) is 5.91 Å². The summed E-state index contributed by atoms with van der Waals surface area (Å²) in [5.41, 5.74) is 1.72. The molecule has 0 saturated carbocycles. The van der Waals surface area contributed by atoms with E-state index in [4.69, 9.17) is 4.74 Å². The molecule has 0 radical (unpaired) electrons. The van der Waals surface area contributed by atoms with Crippen LogP contribution in [0.2, 0.25) is 0 Å². The third-order valence-electron chi connectivity index (χ3n) is 3.81. The van der Waals surface area contributed by atoms with Gasteiger partial charge in [-0.2, -0.15) is 0 Å². The smallest absolute Gasteiger partial charge is 0.234 e. The van der Waals surface area contributed by atoms with Gasteiger partial charge in [0.15, 0.2) is 11.0 Å². The van der Waals surface area contributed by atoms with E-state index in [0.717, 1.165) is 17.8 Å². The van der Waals surface area contributed by atoms with E-state index in [1.807, 2.05) is 35.9 Å². The number of carbonyl (C=O) groups is 1. The maximum absolute atomic E-state index is 12.2. The molecule has 0 spiro atoms. The molecular weight excluding hydrogens is 368 g/mol. The minimum atomic E-state index is -0.118. The average Bonchev–Trinajstić information content (AvgIpc) is 3.27. The first-order valence-corrected chi connectivity index (χ1v) is 10.0. The van der Waals surface area contributed by atoms with Crippen LogP contribution in [-0.2, 0) is 18.3 Å². The number of methoxy groups -OCH3 is 1. The van der Waals surface area contributed by atoms with Crippen LogP contribution in [0.15, 0.2) is 40.9 Å². The van der Waals surface area contributed by atoms with E-state index in [1.54, 1.807) is 18.4 Å². The van der Waals surface area contributed by atoms with Crippen molar-refractivity contribution in [2.24, 2.45) is 7.05 Å². The second-order valence-electron chi connectivity index (χ2n) is 5.56. The van der Waals surface area contributed by atoms with Crippen molar-refractivity contribution >= 4 is 34.7 Å². The predicted octanol–water partition coefficient (Wildman–Crippen LogP) is 3.85. The molecule has 0 unspecified atom stereocenters. The molecular formula is C18H20N4O2S2. The number of ether oxygens (including phenoxy) is 1. The second kappa shape index (κ2) is 8.37. The Bertz CT molecular complexity index is 904. The van der Waals surface area contributed by atoms with Crippen molar-refractivity contribution in [1.29, 1.82) is 0 Å². The van der Waals surface area contributed by atoms with E-state index < -0.39 is 0 Å². The monoisotopic (exact) mass is 388 g/mol. The van der Waals surface area contributed by atoms with Crippen LogP contribution >= 0.6 is 23.1 Å². The van der Waals surface area contributed by atoms with Crippen molar-refractivity contribution < 1.29 is 9.53 Å². The van der Waals surface area contributed by atoms with Crippen molar-refractivity contribution in [1.82, 2.24) is 14.8 Å². The number of carbonyl (C=O) groups excluding carboxylic acids is 1. The molecule has 0 atom stereocenters. The van der Waals surface area contributed by atoms with Gasteiger partial charge in [0, 0.05) is 22.9 Å². The highest BCUT2D eigenvalue weighted by molar-refractivity contribution is 7.99. The molecule has 0 aliphatic carbocycles. The number of hydrogen-bond donors (Lipinski definition) is 1. The SMILES string of the molecule is CCc1cc(-c2nnc(SCC(=O)Nc3ccccc3OC)n2C)cs1. The van der Waals surface area contributed by atoms with Gasteiger partial charge in [0.1, 0.15) is 5.75 Å². The molecule has 0 aliphatic rings. The zero-order valence-electron chi connectivity index (χ0n) is 14.9. The lowest BCUT2D eigenvalue weighted by molar-refractivity contribution is -0.113. The molecule has 0 bridgehead atoms. The van der Waals surface area contributed by atoms with Gasteiger partial charge in [-0.15, -0.1) is 21.5 Å². The van der Waals surface area contributed by atoms with Crippen LogP contribution < -0.4 is 10.1 Å². The highest BCUT2D eigenvalue weighted by Gasteiger charge is 2.14. The Morgan fingerprint density at radius 1 is 1.35 bits per heavy atom. The molecule has 0 fully saturated rings. The maximum Gasteiger partial charge on any atom is 0.234 e. The highest BCUT2D eigenvalue weighted by Crippen LogP contribution is 2.27. The molecule has 6 nitrogen and oxygen atoms in total. The maximum atomic E-state index is 12.2. The van der Waals surface area contributed by atoms with E-state index >= 15 is 0 Å². The Morgan fingerprint density at radius 2 is 2.15 bits per heavy atom. The fourth-order valence-corrected chi connectivity index (χ4v) is 3.96. The fraction of sp³-hybridized carbons (Fsp3) is 0.278. The first-order chi connectivity index (χ1) is 12.6. The van der Waals surface area contributed by atoms with E-state index in [1.165, 1.54) is 16.6 Å². The molecule has 2 heterocycles. The number of thioether (sulfide) groups is 1. The van der Waals surface area contributed by atoms with Gasteiger partial charge >= 0.3 is 0 Å². The van der Waals surface area contributed by atoms with Crippen molar-refractivity contribution in [3.8, 4) is 17.1 Å². The number of benzene rings is 1. The van der Waals surface area contributed by atoms with E-state index in [2.05, 4.69) is 33.9 Å². The summed E-state index contributed by atoms with van der Waals surface area (Å²) < 4.78 is 7.16. The minimum absolute atomic E-state index is 0.118. The summed E-state index contributed by atoms with van der Waals surface area (Å²) in [4.78, 5) is 13.6. The lowest BCUT2D eigenvalue weighted by Crippen LogP contribution is -2.15. The van der Waals surface area contributed by atoms with Crippen molar-refractivity contribution in [3.63, 3.8) is 0 Å². The number of rotatable bonds is 7. The average molecular weight is 389 g/mol. The standard InChI is InChI=1S/C18H20N4O2S2/c1-4-13-9-12(10-25-13)17-20-21-18(22(17)2)26-11-16(23)19-14-7-5-6-8-15(14)24-3/h5-10H,4,11H2,1-3H3,(H,19,23). The predicted molar refractivity (Wildman–Crippen MR) is 106 cm³/mol. The van der Waals surface area contributed by atoms with Gasteiger partial charge < -0.3 is 14.6 Å². The Labute approximate surface area is 160 Å². The van der Waals surface area contributed by atoms with Gasteiger partial charge in [-0.05, 0) is 24.6 Å². The molecule has 8 heteroatoms. The van der Waals surface area contributed by atoms with Crippen molar-refractivity contribution in [2.75, 3.05) is 18.2 Å². The zero-order valence-corrected chi connectivity index (χ0v) is 16.5. The highest BCUT2D eigenvalue weighted by atomic mass is 32.2. The topological polar surface area (TPSA) is 69.0 Å². The number of thiophene rings is 1. The molecule has 0 saturated heterocycles. The summed E-state index contributed by atoms with van der Waals surface area (Å²) in [5.74, 6) is 1.57. The van der Waals surface area contributed by atoms with Crippen LogP contribution in [0, 0.1) is 0 Å². The summed E-state index contributed by atoms with van der Waals surface area (Å²) in [6.07, 6.45) is 1.01. The Morgan fingerprint density at radius 3 is 2.88 bits per heavy atom. The summed E-state index contributed by atoms with van der Waals surface area (Å²) in [7, 11) is 3.49. The van der Waals surface area contributed by atoms with Crippen LogP contribution in [0.25, 0.3) is 11.4 Å². The molecule has 0 aliphatic heterocycles. The molecule has 1 aromatic carbocycles. The van der Waals surface area contributed by atoms with Gasteiger partial charge in [-0.25, -0.2) is 0 Å².